The molecule has 0 spiro atoms. The SMILES string of the molecule is c1ccc(-c2ccc3ccc4ccc(-c5ccc(-c6ccc7oc8c9ccccc9c9nc%10ccccc%10n9c8c7c6)cc5)nc4c3n2)cc1. The number of fused-ring (bicyclic) bond motifs is 13. The first kappa shape index (κ1) is 27.1. The van der Waals surface area contributed by atoms with E-state index in [2.05, 4.69) is 138 Å². The molecule has 0 aliphatic rings. The van der Waals surface area contributed by atoms with Gasteiger partial charge in [0.15, 0.2) is 5.58 Å². The van der Waals surface area contributed by atoms with E-state index >= 15 is 0 Å². The zero-order valence-electron chi connectivity index (χ0n) is 26.7. The first-order valence-electron chi connectivity index (χ1n) is 16.8. The van der Waals surface area contributed by atoms with Crippen LogP contribution in [0.15, 0.2) is 162 Å². The topological polar surface area (TPSA) is 56.2 Å². The molecule has 5 heteroatoms. The number of benzene rings is 6. The molecule has 11 rings (SSSR count). The highest BCUT2D eigenvalue weighted by molar-refractivity contribution is 6.19. The Bertz CT molecular complexity index is 3140. The van der Waals surface area contributed by atoms with E-state index in [-0.39, 0.29) is 0 Å². The summed E-state index contributed by atoms with van der Waals surface area (Å²) < 4.78 is 8.86. The number of aromatic nitrogens is 4. The second kappa shape index (κ2) is 10.3. The summed E-state index contributed by atoms with van der Waals surface area (Å²) in [6.07, 6.45) is 0. The summed E-state index contributed by atoms with van der Waals surface area (Å²) in [4.78, 5) is 15.3. The van der Waals surface area contributed by atoms with Gasteiger partial charge in [0.05, 0.1) is 33.5 Å². The van der Waals surface area contributed by atoms with Crippen LogP contribution in [0.25, 0.3) is 105 Å². The van der Waals surface area contributed by atoms with Crippen molar-refractivity contribution in [1.82, 2.24) is 19.4 Å². The van der Waals surface area contributed by atoms with Crippen molar-refractivity contribution in [2.45, 2.75) is 0 Å². The molecule has 0 unspecified atom stereocenters. The summed E-state index contributed by atoms with van der Waals surface area (Å²) in [5.74, 6) is 0. The molecule has 0 N–H and O–H groups in total. The van der Waals surface area contributed by atoms with Gasteiger partial charge in [-0.05, 0) is 47.5 Å². The first-order valence-corrected chi connectivity index (χ1v) is 16.8. The van der Waals surface area contributed by atoms with E-state index in [9.17, 15) is 0 Å². The zero-order chi connectivity index (χ0) is 32.8. The third kappa shape index (κ3) is 3.98. The van der Waals surface area contributed by atoms with Crippen LogP contribution in [0.4, 0.5) is 0 Å². The number of pyridine rings is 3. The van der Waals surface area contributed by atoms with E-state index in [4.69, 9.17) is 19.4 Å². The van der Waals surface area contributed by atoms with Crippen LogP contribution in [0.5, 0.6) is 0 Å². The van der Waals surface area contributed by atoms with Gasteiger partial charge in [0.25, 0.3) is 0 Å². The van der Waals surface area contributed by atoms with Crippen LogP contribution in [-0.4, -0.2) is 19.4 Å². The van der Waals surface area contributed by atoms with E-state index in [0.29, 0.717) is 0 Å². The van der Waals surface area contributed by atoms with Crippen molar-refractivity contribution in [2.24, 2.45) is 0 Å². The fourth-order valence-electron chi connectivity index (χ4n) is 7.51. The van der Waals surface area contributed by atoms with Crippen molar-refractivity contribution in [2.75, 3.05) is 0 Å². The van der Waals surface area contributed by atoms with Crippen molar-refractivity contribution in [3.63, 3.8) is 0 Å². The number of imidazole rings is 1. The fraction of sp³-hybridized carbons (Fsp3) is 0. The monoisotopic (exact) mass is 638 g/mol. The molecular weight excluding hydrogens is 613 g/mol. The molecule has 0 atom stereocenters. The molecule has 0 fully saturated rings. The number of hydrogen-bond donors (Lipinski definition) is 0. The van der Waals surface area contributed by atoms with E-state index in [1.165, 1.54) is 0 Å². The minimum Gasteiger partial charge on any atom is -0.454 e. The summed E-state index contributed by atoms with van der Waals surface area (Å²) in [7, 11) is 0. The van der Waals surface area contributed by atoms with Crippen molar-refractivity contribution in [3.8, 4) is 33.6 Å². The minimum atomic E-state index is 0.854. The second-order valence-electron chi connectivity index (χ2n) is 12.8. The number of nitrogens with zero attached hydrogens (tertiary/aromatic N) is 4. The summed E-state index contributed by atoms with van der Waals surface area (Å²) >= 11 is 0. The quantitative estimate of drug-likeness (QED) is 0.181. The predicted octanol–water partition coefficient (Wildman–Crippen LogP) is 11.6. The van der Waals surface area contributed by atoms with Crippen LogP contribution in [0.2, 0.25) is 0 Å². The lowest BCUT2D eigenvalue weighted by Crippen LogP contribution is -1.91. The van der Waals surface area contributed by atoms with Gasteiger partial charge in [-0.25, -0.2) is 15.0 Å². The Balaban J connectivity index is 1.04. The van der Waals surface area contributed by atoms with Crippen LogP contribution >= 0.6 is 0 Å². The number of para-hydroxylation sites is 2. The van der Waals surface area contributed by atoms with E-state index in [1.807, 2.05) is 24.3 Å². The first-order chi connectivity index (χ1) is 24.8. The van der Waals surface area contributed by atoms with Crippen LogP contribution < -0.4 is 0 Å². The average Bonchev–Trinajstić information content (AvgIpc) is 3.77. The van der Waals surface area contributed by atoms with Gasteiger partial charge in [-0.1, -0.05) is 121 Å². The molecule has 0 saturated carbocycles. The Morgan fingerprint density at radius 3 is 1.80 bits per heavy atom. The molecule has 0 amide bonds. The number of hydrogen-bond acceptors (Lipinski definition) is 4. The normalized spacial score (nSPS) is 12.0. The summed E-state index contributed by atoms with van der Waals surface area (Å²) in [6.45, 7) is 0. The lowest BCUT2D eigenvalue weighted by molar-refractivity contribution is 0.672. The smallest absolute Gasteiger partial charge is 0.160 e. The Hall–Kier alpha value is -6.85. The highest BCUT2D eigenvalue weighted by Crippen LogP contribution is 2.39. The van der Waals surface area contributed by atoms with Crippen molar-refractivity contribution >= 4 is 71.3 Å². The molecule has 5 nitrogen and oxygen atoms in total. The maximum atomic E-state index is 6.60. The molecule has 5 heterocycles. The third-order valence-corrected chi connectivity index (χ3v) is 9.96. The lowest BCUT2D eigenvalue weighted by Gasteiger charge is -2.09. The van der Waals surface area contributed by atoms with E-state index in [1.54, 1.807) is 0 Å². The number of furan rings is 1. The van der Waals surface area contributed by atoms with Crippen LogP contribution in [0, 0.1) is 0 Å². The van der Waals surface area contributed by atoms with Gasteiger partial charge in [0.2, 0.25) is 0 Å². The highest BCUT2D eigenvalue weighted by atomic mass is 16.3. The van der Waals surface area contributed by atoms with Gasteiger partial charge in [-0.2, -0.15) is 0 Å². The molecule has 50 heavy (non-hydrogen) atoms. The lowest BCUT2D eigenvalue weighted by atomic mass is 10.0. The van der Waals surface area contributed by atoms with Gasteiger partial charge >= 0.3 is 0 Å². The standard InChI is InChI=1S/C45H26N4O/c1-2-8-28(9-3-1)36-23-20-30-18-19-31-21-24-37(47-42(31)41(30)46-36)29-16-14-27(15-17-29)32-22-25-40-35(26-32)43-44(50-40)33-10-4-5-11-34(33)45-48-38-12-6-7-13-39(38)49(43)45/h1-26H. The molecule has 232 valence electrons. The maximum Gasteiger partial charge on any atom is 0.160 e. The molecule has 0 aliphatic heterocycles. The third-order valence-electron chi connectivity index (χ3n) is 9.96. The molecule has 5 aromatic heterocycles. The molecule has 0 bridgehead atoms. The minimum absolute atomic E-state index is 0.854. The van der Waals surface area contributed by atoms with Gasteiger partial charge in [-0.3, -0.25) is 4.40 Å². The molecular formula is C45H26N4O. The molecule has 0 radical (unpaired) electrons. The Kier molecular flexibility index (Phi) is 5.60. The number of rotatable bonds is 3. The Morgan fingerprint density at radius 1 is 0.440 bits per heavy atom. The van der Waals surface area contributed by atoms with Crippen LogP contribution in [0.1, 0.15) is 0 Å². The average molecular weight is 639 g/mol. The highest BCUT2D eigenvalue weighted by Gasteiger charge is 2.19. The summed E-state index contributed by atoms with van der Waals surface area (Å²) in [5, 5.41) is 5.35. The van der Waals surface area contributed by atoms with Crippen molar-refractivity contribution in [3.05, 3.63) is 158 Å². The van der Waals surface area contributed by atoms with Crippen molar-refractivity contribution < 1.29 is 4.42 Å². The fourth-order valence-corrected chi connectivity index (χ4v) is 7.51. The van der Waals surface area contributed by atoms with E-state index in [0.717, 1.165) is 105 Å². The van der Waals surface area contributed by atoms with Crippen LogP contribution in [-0.2, 0) is 0 Å². The second-order valence-corrected chi connectivity index (χ2v) is 12.8. The summed E-state index contributed by atoms with van der Waals surface area (Å²) in [6, 6.07) is 54.8. The van der Waals surface area contributed by atoms with Gasteiger partial charge in [0.1, 0.15) is 16.7 Å². The Morgan fingerprint density at radius 2 is 1.04 bits per heavy atom. The van der Waals surface area contributed by atoms with Crippen LogP contribution in [0.3, 0.4) is 0 Å². The molecule has 0 saturated heterocycles. The summed E-state index contributed by atoms with van der Waals surface area (Å²) in [5.41, 5.74) is 13.8. The molecule has 11 aromatic rings. The zero-order valence-corrected chi connectivity index (χ0v) is 26.7. The van der Waals surface area contributed by atoms with E-state index < -0.39 is 0 Å². The maximum absolute atomic E-state index is 6.60. The predicted molar refractivity (Wildman–Crippen MR) is 204 cm³/mol. The molecule has 6 aromatic carbocycles. The Labute approximate surface area is 285 Å². The van der Waals surface area contributed by atoms with Gasteiger partial charge in [-0.15, -0.1) is 0 Å². The van der Waals surface area contributed by atoms with Gasteiger partial charge in [0, 0.05) is 38.1 Å². The van der Waals surface area contributed by atoms with Crippen molar-refractivity contribution in [1.29, 1.82) is 0 Å². The molecule has 0 aliphatic carbocycles. The van der Waals surface area contributed by atoms with Gasteiger partial charge < -0.3 is 4.42 Å². The largest absolute Gasteiger partial charge is 0.454 e.